The average Bonchev–Trinajstić information content (AvgIpc) is 3.42. The van der Waals surface area contributed by atoms with Crippen LogP contribution in [0.1, 0.15) is 22.3 Å². The Morgan fingerprint density at radius 3 is 1.56 bits per heavy atom. The van der Waals surface area contributed by atoms with Gasteiger partial charge in [0.2, 0.25) is 0 Å². The van der Waals surface area contributed by atoms with E-state index in [0.717, 1.165) is 78.0 Å². The smallest absolute Gasteiger partial charge is 0.453 e. The molecule has 0 saturated carbocycles. The molecular weight excluding hydrogens is 1060 g/mol. The van der Waals surface area contributed by atoms with E-state index in [0.29, 0.717) is 58.3 Å². The largest absolute Gasteiger partial charge is 3.00 e. The van der Waals surface area contributed by atoms with Gasteiger partial charge in [-0.2, -0.15) is 0 Å². The molecule has 0 N–H and O–H groups in total. The maximum atomic E-state index is 13.1. The van der Waals surface area contributed by atoms with Crippen LogP contribution in [0.15, 0.2) is 201 Å². The molecule has 12 aromatic rings. The zero-order valence-corrected chi connectivity index (χ0v) is 40.2. The van der Waals surface area contributed by atoms with Crippen LogP contribution in [0.2, 0.25) is 0 Å². The molecule has 0 amide bonds. The first-order valence-electron chi connectivity index (χ1n) is 23.0. The second-order valence-corrected chi connectivity index (χ2v) is 17.2. The second kappa shape index (κ2) is 19.4. The van der Waals surface area contributed by atoms with Crippen molar-refractivity contribution in [2.24, 2.45) is 0 Å². The molecule has 0 aliphatic heterocycles. The molecule has 12 rings (SSSR count). The number of benzene rings is 5. The van der Waals surface area contributed by atoms with E-state index in [2.05, 4.69) is 125 Å². The molecule has 0 radical (unpaired) electrons. The molecule has 0 unspecified atom stereocenters. The third-order valence-electron chi connectivity index (χ3n) is 12.8. The Kier molecular flexibility index (Phi) is 12.3. The summed E-state index contributed by atoms with van der Waals surface area (Å²) in [6.45, 7) is 0. The fourth-order valence-corrected chi connectivity index (χ4v) is 9.32. The van der Waals surface area contributed by atoms with E-state index in [9.17, 15) is 9.59 Å². The van der Waals surface area contributed by atoms with Crippen LogP contribution in [-0.2, 0) is 45.8 Å². The zero-order valence-electron chi connectivity index (χ0n) is 37.9. The number of rotatable bonds is 11. The summed E-state index contributed by atoms with van der Waals surface area (Å²) in [7, 11) is 0. The van der Waals surface area contributed by atoms with Crippen LogP contribution in [0.4, 0.5) is 0 Å². The van der Waals surface area contributed by atoms with Crippen LogP contribution in [0, 0.1) is 18.2 Å². The summed E-state index contributed by atoms with van der Waals surface area (Å²) in [6, 6.07) is 61.2. The molecule has 0 saturated heterocycles. The average molecular weight is 1100 g/mol. The summed E-state index contributed by atoms with van der Waals surface area (Å²) >= 11 is 0. The number of aromatic nitrogens is 5. The Hall–Kier alpha value is -8.56. The summed E-state index contributed by atoms with van der Waals surface area (Å²) in [5.41, 5.74) is 14.8. The van der Waals surface area contributed by atoms with Crippen molar-refractivity contribution in [2.45, 2.75) is 25.7 Å². The van der Waals surface area contributed by atoms with Gasteiger partial charge in [-0.05, 0) is 92.6 Å². The Labute approximate surface area is 421 Å². The first-order chi connectivity index (χ1) is 34.5. The van der Waals surface area contributed by atoms with E-state index in [1.165, 1.54) is 0 Å². The first kappa shape index (κ1) is 44.9. The van der Waals surface area contributed by atoms with Gasteiger partial charge in [-0.3, -0.25) is 0 Å². The summed E-state index contributed by atoms with van der Waals surface area (Å²) in [6.07, 6.45) is 11.3. The van der Waals surface area contributed by atoms with E-state index in [1.807, 2.05) is 61.1 Å². The van der Waals surface area contributed by atoms with Gasteiger partial charge in [0.05, 0.1) is 0 Å². The summed E-state index contributed by atoms with van der Waals surface area (Å²) in [4.78, 5) is 49.2. The van der Waals surface area contributed by atoms with Gasteiger partial charge in [0.15, 0.2) is 0 Å². The maximum Gasteiger partial charge on any atom is 3.00 e. The van der Waals surface area contributed by atoms with Crippen LogP contribution in [0.5, 0.6) is 0 Å². The molecule has 0 aliphatic rings. The van der Waals surface area contributed by atoms with Crippen molar-refractivity contribution in [3.05, 3.63) is 244 Å². The summed E-state index contributed by atoms with van der Waals surface area (Å²) < 4.78 is 11.1. The zero-order chi connectivity index (χ0) is 47.0. The maximum absolute atomic E-state index is 13.1. The molecule has 340 valence electrons. The topological polar surface area (TPSA) is 125 Å². The number of hydrogen-bond acceptors (Lipinski definition) is 9. The normalized spacial score (nSPS) is 11.3. The van der Waals surface area contributed by atoms with Gasteiger partial charge in [-0.15, -0.1) is 60.2 Å². The molecule has 9 nitrogen and oxygen atoms in total. The SMILES string of the molecule is O=c1oc2ncc[c-]c2c2ncc(CCc3cc(CCc4cnc5c(c4)c(=O)oc4ncc[c-]c45)cc(-c4ccccc4-c4cnc(-c5[c-]cccc5)cc4-c4ccc(-c5ccccc5)cc4)c3)cc12.[Ir+3]. The fraction of sp³-hybridized carbons (Fsp3) is 0.0656. The van der Waals surface area contributed by atoms with E-state index in [1.54, 1.807) is 24.5 Å². The number of nitrogens with zero attached hydrogens (tertiary/aromatic N) is 5. The van der Waals surface area contributed by atoms with Gasteiger partial charge in [-0.25, -0.2) is 9.59 Å². The Balaban J connectivity index is 0.00000547. The van der Waals surface area contributed by atoms with Crippen LogP contribution in [0.3, 0.4) is 0 Å². The quantitative estimate of drug-likeness (QED) is 0.0919. The van der Waals surface area contributed by atoms with Gasteiger partial charge in [0.1, 0.15) is 11.4 Å². The Morgan fingerprint density at radius 1 is 0.408 bits per heavy atom. The van der Waals surface area contributed by atoms with Crippen LogP contribution in [0.25, 0.3) is 99.8 Å². The number of aryl methyl sites for hydroxylation is 4. The number of fused-ring (bicyclic) bond motifs is 6. The van der Waals surface area contributed by atoms with Crippen molar-refractivity contribution in [1.82, 2.24) is 24.9 Å². The van der Waals surface area contributed by atoms with Crippen LogP contribution in [-0.4, -0.2) is 24.9 Å². The van der Waals surface area contributed by atoms with E-state index in [4.69, 9.17) is 23.8 Å². The first-order valence-corrected chi connectivity index (χ1v) is 23.0. The van der Waals surface area contributed by atoms with Crippen LogP contribution < -0.4 is 11.3 Å². The summed E-state index contributed by atoms with van der Waals surface area (Å²) in [5, 5.41) is 1.93. The predicted molar refractivity (Wildman–Crippen MR) is 274 cm³/mol. The second-order valence-electron chi connectivity index (χ2n) is 17.2. The number of hydrogen-bond donors (Lipinski definition) is 0. The van der Waals surface area contributed by atoms with Gasteiger partial charge in [0.25, 0.3) is 0 Å². The van der Waals surface area contributed by atoms with E-state index in [-0.39, 0.29) is 31.5 Å². The van der Waals surface area contributed by atoms with E-state index >= 15 is 0 Å². The van der Waals surface area contributed by atoms with Crippen molar-refractivity contribution in [1.29, 1.82) is 0 Å². The third kappa shape index (κ3) is 8.98. The van der Waals surface area contributed by atoms with Gasteiger partial charge < -0.3 is 33.8 Å². The molecule has 0 atom stereocenters. The monoisotopic (exact) mass is 1100 g/mol. The minimum atomic E-state index is -0.482. The van der Waals surface area contributed by atoms with Crippen LogP contribution >= 0.6 is 0 Å². The van der Waals surface area contributed by atoms with Crippen molar-refractivity contribution < 1.29 is 28.9 Å². The Bertz CT molecular complexity index is 3910. The summed E-state index contributed by atoms with van der Waals surface area (Å²) in [5.74, 6) is 0. The predicted octanol–water partition coefficient (Wildman–Crippen LogP) is 12.5. The minimum absolute atomic E-state index is 0. The van der Waals surface area contributed by atoms with Gasteiger partial charge in [0, 0.05) is 46.0 Å². The molecule has 0 spiro atoms. The molecule has 0 aliphatic carbocycles. The van der Waals surface area contributed by atoms with Crippen molar-refractivity contribution in [3.63, 3.8) is 0 Å². The van der Waals surface area contributed by atoms with Gasteiger partial charge in [-0.1, -0.05) is 138 Å². The fourth-order valence-electron chi connectivity index (χ4n) is 9.32. The Morgan fingerprint density at radius 2 is 0.958 bits per heavy atom. The number of pyridine rings is 5. The third-order valence-corrected chi connectivity index (χ3v) is 12.8. The minimum Gasteiger partial charge on any atom is -0.453 e. The van der Waals surface area contributed by atoms with Crippen molar-refractivity contribution >= 4 is 44.0 Å². The van der Waals surface area contributed by atoms with Crippen molar-refractivity contribution in [3.8, 4) is 55.8 Å². The molecular formula is C61H38IrN5O4. The molecule has 0 fully saturated rings. The molecule has 7 aromatic heterocycles. The van der Waals surface area contributed by atoms with Gasteiger partial charge >= 0.3 is 31.4 Å². The molecule has 5 aromatic carbocycles. The standard InChI is InChI=1S/C61H38N5O4.Ir/c67-60-52-32-40(35-65-56(52)49-17-9-27-62-58(49)69-60)21-19-38-29-39(20-22-41-33-53-57(66-36-41)50-18-10-28-63-59(50)70-61(53)68)31-46(30-38)47-15-7-8-16-48(47)54-37-64-55(45-13-5-2-6-14-45)34-51(54)44-25-23-43(24-26-44)42-11-3-1-4-12-42;/h1-13,15-16,23-37H,19-22H2;/q-3;+3. The van der Waals surface area contributed by atoms with Crippen molar-refractivity contribution in [2.75, 3.05) is 0 Å². The molecule has 0 bridgehead atoms. The molecule has 71 heavy (non-hydrogen) atoms. The molecule has 10 heteroatoms. The molecule has 7 heterocycles. The van der Waals surface area contributed by atoms with E-state index < -0.39 is 11.3 Å².